The standard InChI is InChI=1S/C11H15NO4S/c12-10(11(15)16)8-6-5-7(17-8)3-1-2-4-9(13)14/h5-6,10H,1-4,12H2,(H,13,14)(H,15,16)/p-1/t10-/m0/s1. The van der Waals surface area contributed by atoms with Crippen molar-refractivity contribution in [3.8, 4) is 0 Å². The maximum absolute atomic E-state index is 10.6. The zero-order chi connectivity index (χ0) is 12.8. The summed E-state index contributed by atoms with van der Waals surface area (Å²) in [5.74, 6) is -2.22. The number of carbonyl (C=O) groups is 2. The van der Waals surface area contributed by atoms with Gasteiger partial charge in [-0.3, -0.25) is 0 Å². The third-order valence-electron chi connectivity index (χ3n) is 2.36. The highest BCUT2D eigenvalue weighted by molar-refractivity contribution is 7.12. The molecule has 0 fully saturated rings. The van der Waals surface area contributed by atoms with Crippen LogP contribution >= 0.6 is 11.3 Å². The van der Waals surface area contributed by atoms with Gasteiger partial charge in [0, 0.05) is 10.8 Å². The zero-order valence-corrected chi connectivity index (χ0v) is 10.1. The van der Waals surface area contributed by atoms with E-state index >= 15 is 0 Å². The van der Waals surface area contributed by atoms with Crippen LogP contribution in [0.1, 0.15) is 35.1 Å². The van der Waals surface area contributed by atoms with Crippen molar-refractivity contribution in [1.29, 1.82) is 0 Å². The van der Waals surface area contributed by atoms with Crippen LogP contribution in [0, 0.1) is 0 Å². The molecule has 0 amide bonds. The van der Waals surface area contributed by atoms with Crippen LogP contribution in [0.2, 0.25) is 0 Å². The van der Waals surface area contributed by atoms with E-state index in [1.54, 1.807) is 6.07 Å². The summed E-state index contributed by atoms with van der Waals surface area (Å²) >= 11 is 1.38. The molecular weight excluding hydrogens is 242 g/mol. The molecule has 1 aromatic heterocycles. The van der Waals surface area contributed by atoms with Crippen molar-refractivity contribution in [2.75, 3.05) is 0 Å². The lowest BCUT2D eigenvalue weighted by Gasteiger charge is -2.05. The van der Waals surface area contributed by atoms with Gasteiger partial charge in [0.15, 0.2) is 6.04 Å². The molecule has 0 unspecified atom stereocenters. The Morgan fingerprint density at radius 1 is 1.29 bits per heavy atom. The van der Waals surface area contributed by atoms with Gasteiger partial charge in [-0.2, -0.15) is 0 Å². The number of aliphatic carboxylic acids is 2. The molecule has 0 aliphatic heterocycles. The summed E-state index contributed by atoms with van der Waals surface area (Å²) in [6, 6.07) is 2.74. The summed E-state index contributed by atoms with van der Waals surface area (Å²) < 4.78 is 0. The molecule has 6 heteroatoms. The molecule has 1 atom stereocenters. The molecule has 3 N–H and O–H groups in total. The largest absolute Gasteiger partial charge is 0.550 e. The van der Waals surface area contributed by atoms with Gasteiger partial charge in [0.05, 0.1) is 4.88 Å². The quantitative estimate of drug-likeness (QED) is 0.583. The number of aryl methyl sites for hydroxylation is 1. The Morgan fingerprint density at radius 3 is 2.59 bits per heavy atom. The second kappa shape index (κ2) is 6.36. The van der Waals surface area contributed by atoms with Gasteiger partial charge in [-0.25, -0.2) is 0 Å². The smallest absolute Gasteiger partial charge is 0.159 e. The lowest BCUT2D eigenvalue weighted by molar-refractivity contribution is -0.442. The maximum Gasteiger partial charge on any atom is 0.159 e. The van der Waals surface area contributed by atoms with Crippen molar-refractivity contribution in [3.63, 3.8) is 0 Å². The van der Waals surface area contributed by atoms with Crippen molar-refractivity contribution in [1.82, 2.24) is 0 Å². The lowest BCUT2D eigenvalue weighted by atomic mass is 10.2. The molecule has 1 heterocycles. The van der Waals surface area contributed by atoms with E-state index in [-0.39, 0.29) is 6.42 Å². The van der Waals surface area contributed by atoms with Crippen molar-refractivity contribution in [2.45, 2.75) is 31.7 Å². The minimum absolute atomic E-state index is 0.0647. The van der Waals surface area contributed by atoms with E-state index in [2.05, 4.69) is 5.73 Å². The van der Waals surface area contributed by atoms with E-state index in [0.717, 1.165) is 17.7 Å². The monoisotopic (exact) mass is 256 g/mol. The van der Waals surface area contributed by atoms with Crippen molar-refractivity contribution < 1.29 is 25.5 Å². The normalized spacial score (nSPS) is 12.3. The van der Waals surface area contributed by atoms with Crippen LogP contribution in [-0.4, -0.2) is 11.9 Å². The Labute approximate surface area is 103 Å². The average molecular weight is 256 g/mol. The number of thiophene rings is 1. The van der Waals surface area contributed by atoms with E-state index in [1.165, 1.54) is 11.3 Å². The highest BCUT2D eigenvalue weighted by Crippen LogP contribution is 2.22. The van der Waals surface area contributed by atoms with Gasteiger partial charge in [-0.05, 0) is 37.8 Å². The number of carboxylic acids is 2. The first-order valence-electron chi connectivity index (χ1n) is 5.33. The number of rotatable bonds is 7. The van der Waals surface area contributed by atoms with E-state index in [4.69, 9.17) is 0 Å². The van der Waals surface area contributed by atoms with Crippen LogP contribution in [0.4, 0.5) is 0 Å². The number of carboxylic acid groups (broad SMARTS) is 2. The minimum atomic E-state index is -1.18. The molecule has 0 saturated heterocycles. The van der Waals surface area contributed by atoms with Crippen molar-refractivity contribution >= 4 is 23.3 Å². The SMILES string of the molecule is [NH3+][C@H](C(=O)[O-])c1ccc(CCCCC(=O)[O-])s1. The Kier molecular flexibility index (Phi) is 5.11. The second-order valence-corrected chi connectivity index (χ2v) is 4.95. The van der Waals surface area contributed by atoms with Gasteiger partial charge in [0.2, 0.25) is 0 Å². The summed E-state index contributed by atoms with van der Waals surface area (Å²) in [5, 5.41) is 20.8. The van der Waals surface area contributed by atoms with Gasteiger partial charge in [-0.1, -0.05) is 0 Å². The van der Waals surface area contributed by atoms with E-state index in [1.807, 2.05) is 6.07 Å². The Balaban J connectivity index is 2.41. The molecule has 0 aliphatic carbocycles. The van der Waals surface area contributed by atoms with Gasteiger partial charge < -0.3 is 25.5 Å². The topological polar surface area (TPSA) is 108 Å². The fraction of sp³-hybridized carbons (Fsp3) is 0.455. The van der Waals surface area contributed by atoms with Crippen LogP contribution in [0.5, 0.6) is 0 Å². The van der Waals surface area contributed by atoms with E-state index in [0.29, 0.717) is 11.3 Å². The first kappa shape index (κ1) is 13.7. The summed E-state index contributed by atoms with van der Waals surface area (Å²) in [5.41, 5.74) is 3.50. The van der Waals surface area contributed by atoms with Crippen LogP contribution in [0.3, 0.4) is 0 Å². The second-order valence-electron chi connectivity index (χ2n) is 3.75. The van der Waals surface area contributed by atoms with Gasteiger partial charge in [-0.15, -0.1) is 11.3 Å². The summed E-state index contributed by atoms with van der Waals surface area (Å²) in [6.07, 6.45) is 2.14. The van der Waals surface area contributed by atoms with Gasteiger partial charge in [0.25, 0.3) is 0 Å². The zero-order valence-electron chi connectivity index (χ0n) is 9.31. The maximum atomic E-state index is 10.6. The molecule has 17 heavy (non-hydrogen) atoms. The number of quaternary nitrogens is 1. The Morgan fingerprint density at radius 2 is 2.00 bits per heavy atom. The predicted octanol–water partition coefficient (Wildman–Crippen LogP) is -1.76. The minimum Gasteiger partial charge on any atom is -0.550 e. The van der Waals surface area contributed by atoms with Crippen molar-refractivity contribution in [3.05, 3.63) is 21.9 Å². The van der Waals surface area contributed by atoms with Crippen LogP contribution in [-0.2, 0) is 16.0 Å². The first-order valence-corrected chi connectivity index (χ1v) is 6.14. The fourth-order valence-corrected chi connectivity index (χ4v) is 2.46. The number of hydrogen-bond donors (Lipinski definition) is 1. The van der Waals surface area contributed by atoms with Crippen LogP contribution < -0.4 is 15.9 Å². The molecule has 0 aliphatic rings. The van der Waals surface area contributed by atoms with Crippen molar-refractivity contribution in [2.24, 2.45) is 0 Å². The molecule has 0 radical (unpaired) electrons. The van der Waals surface area contributed by atoms with Crippen LogP contribution in [0.25, 0.3) is 0 Å². The Bertz CT molecular complexity index is 402. The van der Waals surface area contributed by atoms with Crippen LogP contribution in [0.15, 0.2) is 12.1 Å². The molecular formula is C11H14NO4S-. The summed E-state index contributed by atoms with van der Waals surface area (Å²) in [4.78, 5) is 22.5. The Hall–Kier alpha value is -1.40. The lowest BCUT2D eigenvalue weighted by Crippen LogP contribution is -2.60. The number of hydrogen-bond acceptors (Lipinski definition) is 5. The highest BCUT2D eigenvalue weighted by Gasteiger charge is 2.13. The third-order valence-corrected chi connectivity index (χ3v) is 3.62. The van der Waals surface area contributed by atoms with E-state index < -0.39 is 18.0 Å². The molecule has 0 aromatic carbocycles. The highest BCUT2D eigenvalue weighted by atomic mass is 32.1. The average Bonchev–Trinajstić information content (AvgIpc) is 2.71. The molecule has 0 saturated carbocycles. The van der Waals surface area contributed by atoms with E-state index in [9.17, 15) is 19.8 Å². The molecule has 0 bridgehead atoms. The molecule has 94 valence electrons. The molecule has 1 rings (SSSR count). The number of carbonyl (C=O) groups excluding carboxylic acids is 2. The molecule has 5 nitrogen and oxygen atoms in total. The molecule has 1 aromatic rings. The summed E-state index contributed by atoms with van der Waals surface area (Å²) in [7, 11) is 0. The first-order chi connectivity index (χ1) is 8.00. The summed E-state index contributed by atoms with van der Waals surface area (Å²) in [6.45, 7) is 0. The fourth-order valence-electron chi connectivity index (χ4n) is 1.40. The van der Waals surface area contributed by atoms with Gasteiger partial charge in [0.1, 0.15) is 5.97 Å². The van der Waals surface area contributed by atoms with Gasteiger partial charge >= 0.3 is 0 Å². The predicted molar refractivity (Wildman–Crippen MR) is 57.5 cm³/mol. The third kappa shape index (κ3) is 4.54. The molecule has 0 spiro atoms. The number of unbranched alkanes of at least 4 members (excludes halogenated alkanes) is 1.